The number of carbonyl (C=O) groups excluding carboxylic acids is 2. The van der Waals surface area contributed by atoms with Gasteiger partial charge >= 0.3 is 0 Å². The number of amides is 2. The molecule has 1 aromatic carbocycles. The van der Waals surface area contributed by atoms with Gasteiger partial charge in [-0.05, 0) is 31.2 Å². The Morgan fingerprint density at radius 2 is 2.11 bits per heavy atom. The van der Waals surface area contributed by atoms with E-state index in [1.807, 2.05) is 31.2 Å². The number of primary amides is 1. The van der Waals surface area contributed by atoms with E-state index in [4.69, 9.17) is 10.5 Å². The van der Waals surface area contributed by atoms with Crippen molar-refractivity contribution >= 4 is 17.5 Å². The minimum absolute atomic E-state index is 0.0667. The minimum atomic E-state index is -0.420. The van der Waals surface area contributed by atoms with E-state index in [9.17, 15) is 9.59 Å². The molecule has 0 aromatic heterocycles. The first-order valence-corrected chi connectivity index (χ1v) is 5.94. The quantitative estimate of drug-likeness (QED) is 0.861. The molecule has 5 heteroatoms. The summed E-state index contributed by atoms with van der Waals surface area (Å²) in [6.07, 6.45) is 0.197. The highest BCUT2D eigenvalue weighted by Crippen LogP contribution is 2.26. The largest absolute Gasteiger partial charge is 0.494 e. The highest BCUT2D eigenvalue weighted by molar-refractivity contribution is 6.00. The van der Waals surface area contributed by atoms with Gasteiger partial charge in [-0.1, -0.05) is 0 Å². The number of carbonyl (C=O) groups is 2. The molecule has 0 spiro atoms. The molecule has 18 heavy (non-hydrogen) atoms. The Bertz CT molecular complexity index is 456. The van der Waals surface area contributed by atoms with Crippen molar-refractivity contribution in [2.24, 2.45) is 11.7 Å². The van der Waals surface area contributed by atoms with Crippen LogP contribution in [0.15, 0.2) is 24.3 Å². The number of anilines is 1. The molecule has 0 unspecified atom stereocenters. The first-order valence-electron chi connectivity index (χ1n) is 5.94. The lowest BCUT2D eigenvalue weighted by Crippen LogP contribution is -2.28. The molecule has 0 saturated carbocycles. The van der Waals surface area contributed by atoms with Gasteiger partial charge in [0.15, 0.2) is 0 Å². The third kappa shape index (κ3) is 2.45. The van der Waals surface area contributed by atoms with Crippen LogP contribution < -0.4 is 15.4 Å². The Morgan fingerprint density at radius 3 is 2.61 bits per heavy atom. The lowest BCUT2D eigenvalue weighted by molar-refractivity contribution is -0.123. The summed E-state index contributed by atoms with van der Waals surface area (Å²) >= 11 is 0. The predicted molar refractivity (Wildman–Crippen MR) is 67.3 cm³/mol. The standard InChI is InChI=1S/C13H16N2O3/c1-2-18-11-5-3-10(4-6-11)15-8-9(13(14)17)7-12(15)16/h3-6,9H,2,7-8H2,1H3,(H2,14,17)/t9-/m0/s1. The molecule has 1 aliphatic heterocycles. The maximum atomic E-state index is 11.8. The van der Waals surface area contributed by atoms with E-state index in [1.54, 1.807) is 4.90 Å². The molecule has 1 heterocycles. The molecule has 1 aromatic rings. The molecule has 0 radical (unpaired) electrons. The maximum absolute atomic E-state index is 11.8. The summed E-state index contributed by atoms with van der Waals surface area (Å²) in [5.74, 6) is -0.108. The van der Waals surface area contributed by atoms with Gasteiger partial charge in [-0.2, -0.15) is 0 Å². The monoisotopic (exact) mass is 248 g/mol. The first kappa shape index (κ1) is 12.4. The molecule has 2 N–H and O–H groups in total. The molecule has 2 amide bonds. The van der Waals surface area contributed by atoms with Gasteiger partial charge in [-0.25, -0.2) is 0 Å². The fraction of sp³-hybridized carbons (Fsp3) is 0.385. The highest BCUT2D eigenvalue weighted by atomic mass is 16.5. The van der Waals surface area contributed by atoms with E-state index >= 15 is 0 Å². The van der Waals surface area contributed by atoms with Gasteiger partial charge in [-0.3, -0.25) is 9.59 Å². The minimum Gasteiger partial charge on any atom is -0.494 e. The van der Waals surface area contributed by atoms with Crippen molar-refractivity contribution < 1.29 is 14.3 Å². The highest BCUT2D eigenvalue weighted by Gasteiger charge is 2.33. The third-order valence-corrected chi connectivity index (χ3v) is 2.99. The fourth-order valence-electron chi connectivity index (χ4n) is 2.04. The normalized spacial score (nSPS) is 19.1. The number of benzene rings is 1. The number of hydrogen-bond donors (Lipinski definition) is 1. The van der Waals surface area contributed by atoms with Gasteiger partial charge in [0.2, 0.25) is 11.8 Å². The van der Waals surface area contributed by atoms with Gasteiger partial charge in [0.05, 0.1) is 12.5 Å². The first-order chi connectivity index (χ1) is 8.61. The van der Waals surface area contributed by atoms with Gasteiger partial charge in [0.1, 0.15) is 5.75 Å². The molecule has 1 fully saturated rings. The van der Waals surface area contributed by atoms with Crippen molar-refractivity contribution in [1.82, 2.24) is 0 Å². The zero-order valence-electron chi connectivity index (χ0n) is 10.3. The smallest absolute Gasteiger partial charge is 0.227 e. The van der Waals surface area contributed by atoms with Crippen LogP contribution in [0.5, 0.6) is 5.75 Å². The molecule has 1 saturated heterocycles. The molecule has 0 aliphatic carbocycles. The van der Waals surface area contributed by atoms with E-state index in [1.165, 1.54) is 0 Å². The van der Waals surface area contributed by atoms with Crippen LogP contribution in [0.2, 0.25) is 0 Å². The molecule has 0 bridgehead atoms. The van der Waals surface area contributed by atoms with Crippen molar-refractivity contribution in [3.8, 4) is 5.75 Å². The summed E-state index contributed by atoms with van der Waals surface area (Å²) in [4.78, 5) is 24.5. The Hall–Kier alpha value is -2.04. The summed E-state index contributed by atoms with van der Waals surface area (Å²) < 4.78 is 5.33. The van der Waals surface area contributed by atoms with Crippen LogP contribution >= 0.6 is 0 Å². The van der Waals surface area contributed by atoms with Gasteiger partial charge in [0, 0.05) is 18.7 Å². The van der Waals surface area contributed by atoms with Crippen molar-refractivity contribution in [3.05, 3.63) is 24.3 Å². The maximum Gasteiger partial charge on any atom is 0.227 e. The number of ether oxygens (including phenoxy) is 1. The molecular weight excluding hydrogens is 232 g/mol. The second kappa shape index (κ2) is 5.08. The van der Waals surface area contributed by atoms with Crippen molar-refractivity contribution in [2.45, 2.75) is 13.3 Å². The van der Waals surface area contributed by atoms with Gasteiger partial charge in [0.25, 0.3) is 0 Å². The zero-order valence-corrected chi connectivity index (χ0v) is 10.3. The number of rotatable bonds is 4. The SMILES string of the molecule is CCOc1ccc(N2C[C@@H](C(N)=O)CC2=O)cc1. The molecular formula is C13H16N2O3. The van der Waals surface area contributed by atoms with E-state index in [2.05, 4.69) is 0 Å². The number of nitrogens with two attached hydrogens (primary N) is 1. The second-order valence-electron chi connectivity index (χ2n) is 4.23. The Labute approximate surface area is 106 Å². The lowest BCUT2D eigenvalue weighted by Gasteiger charge is -2.16. The third-order valence-electron chi connectivity index (χ3n) is 2.99. The van der Waals surface area contributed by atoms with E-state index < -0.39 is 5.91 Å². The molecule has 1 atom stereocenters. The summed E-state index contributed by atoms with van der Waals surface area (Å²) in [7, 11) is 0. The van der Waals surface area contributed by atoms with Gasteiger partial charge < -0.3 is 15.4 Å². The van der Waals surface area contributed by atoms with Crippen molar-refractivity contribution in [3.63, 3.8) is 0 Å². The van der Waals surface area contributed by atoms with Crippen molar-refractivity contribution in [2.75, 3.05) is 18.1 Å². The molecule has 5 nitrogen and oxygen atoms in total. The van der Waals surface area contributed by atoms with Crippen LogP contribution in [0.1, 0.15) is 13.3 Å². The van der Waals surface area contributed by atoms with Crippen LogP contribution in [0.3, 0.4) is 0 Å². The number of nitrogens with zero attached hydrogens (tertiary/aromatic N) is 1. The van der Waals surface area contributed by atoms with Crippen LogP contribution in [-0.2, 0) is 9.59 Å². The predicted octanol–water partition coefficient (Wildman–Crippen LogP) is 0.923. The van der Waals surface area contributed by atoms with Crippen LogP contribution in [-0.4, -0.2) is 25.0 Å². The average Bonchev–Trinajstić information content (AvgIpc) is 2.73. The Balaban J connectivity index is 2.12. The van der Waals surface area contributed by atoms with Gasteiger partial charge in [-0.15, -0.1) is 0 Å². The van der Waals surface area contributed by atoms with Crippen LogP contribution in [0.25, 0.3) is 0 Å². The Morgan fingerprint density at radius 1 is 1.44 bits per heavy atom. The second-order valence-corrected chi connectivity index (χ2v) is 4.23. The molecule has 96 valence electrons. The summed E-state index contributed by atoms with van der Waals surface area (Å²) in [6, 6.07) is 7.24. The Kier molecular flexibility index (Phi) is 3.50. The fourth-order valence-corrected chi connectivity index (χ4v) is 2.04. The molecule has 1 aliphatic rings. The topological polar surface area (TPSA) is 72.6 Å². The van der Waals surface area contributed by atoms with Crippen LogP contribution in [0.4, 0.5) is 5.69 Å². The van der Waals surface area contributed by atoms with E-state index in [-0.39, 0.29) is 18.2 Å². The van der Waals surface area contributed by atoms with E-state index in [0.29, 0.717) is 13.2 Å². The molecule has 2 rings (SSSR count). The average molecular weight is 248 g/mol. The number of hydrogen-bond acceptors (Lipinski definition) is 3. The van der Waals surface area contributed by atoms with Crippen molar-refractivity contribution in [1.29, 1.82) is 0 Å². The zero-order chi connectivity index (χ0) is 13.1. The summed E-state index contributed by atoms with van der Waals surface area (Å²) in [5.41, 5.74) is 6.00. The van der Waals surface area contributed by atoms with Crippen LogP contribution in [0, 0.1) is 5.92 Å². The lowest BCUT2D eigenvalue weighted by atomic mass is 10.1. The summed E-state index contributed by atoms with van der Waals surface area (Å²) in [6.45, 7) is 2.88. The van der Waals surface area contributed by atoms with E-state index in [0.717, 1.165) is 11.4 Å². The summed E-state index contributed by atoms with van der Waals surface area (Å²) in [5, 5.41) is 0.